The zero-order valence-electron chi connectivity index (χ0n) is 17.2. The van der Waals surface area contributed by atoms with Crippen LogP contribution in [0.5, 0.6) is 5.75 Å². The van der Waals surface area contributed by atoms with E-state index in [2.05, 4.69) is 0 Å². The summed E-state index contributed by atoms with van der Waals surface area (Å²) in [6.45, 7) is 1.51. The number of fused-ring (bicyclic) bond motifs is 2. The van der Waals surface area contributed by atoms with E-state index in [9.17, 15) is 27.6 Å². The van der Waals surface area contributed by atoms with Crippen molar-refractivity contribution in [3.63, 3.8) is 0 Å². The number of hydrogen-bond acceptors (Lipinski definition) is 4. The molecular weight excluding hydrogens is 423 g/mol. The van der Waals surface area contributed by atoms with Crippen LogP contribution >= 0.6 is 0 Å². The minimum Gasteiger partial charge on any atom is -0.483 e. The lowest BCUT2D eigenvalue weighted by Gasteiger charge is -2.16. The highest BCUT2D eigenvalue weighted by Gasteiger charge is 2.42. The van der Waals surface area contributed by atoms with Crippen molar-refractivity contribution in [2.75, 3.05) is 11.5 Å². The molecule has 0 fully saturated rings. The van der Waals surface area contributed by atoms with Crippen LogP contribution in [-0.4, -0.2) is 30.4 Å². The molecule has 0 unspecified atom stereocenters. The molecule has 0 aliphatic carbocycles. The average molecular weight is 441 g/mol. The summed E-state index contributed by atoms with van der Waals surface area (Å²) in [7, 11) is 0. The molecule has 0 bridgehead atoms. The number of hydrogen-bond donors (Lipinski definition) is 0. The van der Waals surface area contributed by atoms with Gasteiger partial charge < -0.3 is 4.74 Å². The van der Waals surface area contributed by atoms with Crippen molar-refractivity contribution < 1.29 is 32.3 Å². The number of carbonyl (C=O) groups is 3. The van der Waals surface area contributed by atoms with Crippen molar-refractivity contribution in [3.05, 3.63) is 70.8 Å². The predicted octanol–water partition coefficient (Wildman–Crippen LogP) is 5.02. The van der Waals surface area contributed by atoms with Crippen LogP contribution in [0, 0.1) is 6.92 Å². The highest BCUT2D eigenvalue weighted by Crippen LogP contribution is 2.42. The molecule has 0 saturated carbocycles. The first-order valence-corrected chi connectivity index (χ1v) is 9.80. The van der Waals surface area contributed by atoms with Crippen LogP contribution in [0.4, 0.5) is 18.9 Å². The molecule has 0 aromatic heterocycles. The number of halogens is 3. The largest absolute Gasteiger partial charge is 0.483 e. The van der Waals surface area contributed by atoms with Gasteiger partial charge in [0.15, 0.2) is 6.61 Å². The van der Waals surface area contributed by atoms with Gasteiger partial charge in [-0.1, -0.05) is 36.4 Å². The maximum Gasteiger partial charge on any atom is 0.422 e. The molecule has 164 valence electrons. The molecule has 5 nitrogen and oxygen atoms in total. The third-order valence-electron chi connectivity index (χ3n) is 5.29. The van der Waals surface area contributed by atoms with Crippen LogP contribution in [0.15, 0.2) is 48.5 Å². The number of benzene rings is 3. The standard InChI is InChI=1S/C24H18F3NO4/c1-13(29)11-15-7-9-16(10-8-15)28-22(30)19-14(2)17-5-3-4-6-18(17)21(20(19)23(28)31)32-12-24(25,26)27/h3-10H,11-12H2,1-2H3. The summed E-state index contributed by atoms with van der Waals surface area (Å²) >= 11 is 0. The summed E-state index contributed by atoms with van der Waals surface area (Å²) in [5.74, 6) is -1.68. The molecule has 0 spiro atoms. The molecule has 0 saturated heterocycles. The molecule has 0 atom stereocenters. The Morgan fingerprint density at radius 2 is 1.53 bits per heavy atom. The first kappa shape index (κ1) is 21.5. The summed E-state index contributed by atoms with van der Waals surface area (Å²) in [5.41, 5.74) is 1.31. The topological polar surface area (TPSA) is 63.7 Å². The van der Waals surface area contributed by atoms with Crippen molar-refractivity contribution in [2.24, 2.45) is 0 Å². The number of aryl methyl sites for hydroxylation is 1. The Morgan fingerprint density at radius 3 is 2.12 bits per heavy atom. The SMILES string of the molecule is CC(=O)Cc1ccc(N2C(=O)c3c(c(OCC(F)(F)F)c4ccccc4c3C)C2=O)cc1. The van der Waals surface area contributed by atoms with Crippen LogP contribution in [-0.2, 0) is 11.2 Å². The summed E-state index contributed by atoms with van der Waals surface area (Å²) < 4.78 is 43.8. The van der Waals surface area contributed by atoms with Gasteiger partial charge in [-0.25, -0.2) is 4.90 Å². The molecule has 3 aromatic carbocycles. The minimum absolute atomic E-state index is 0.0266. The Hall–Kier alpha value is -3.68. The predicted molar refractivity (Wildman–Crippen MR) is 112 cm³/mol. The number of ketones is 1. The maximum atomic E-state index is 13.3. The van der Waals surface area contributed by atoms with Gasteiger partial charge in [-0.2, -0.15) is 13.2 Å². The van der Waals surface area contributed by atoms with E-state index in [-0.39, 0.29) is 34.8 Å². The smallest absolute Gasteiger partial charge is 0.422 e. The number of Topliss-reactive ketones (excluding diaryl/α,β-unsaturated/α-hetero) is 1. The zero-order chi connectivity index (χ0) is 23.2. The van der Waals surface area contributed by atoms with Crippen molar-refractivity contribution >= 4 is 34.1 Å². The summed E-state index contributed by atoms with van der Waals surface area (Å²) in [4.78, 5) is 38.8. The molecule has 1 heterocycles. The maximum absolute atomic E-state index is 13.3. The number of nitrogens with zero attached hydrogens (tertiary/aromatic N) is 1. The molecule has 1 aliphatic heterocycles. The third-order valence-corrected chi connectivity index (χ3v) is 5.29. The van der Waals surface area contributed by atoms with Gasteiger partial charge >= 0.3 is 6.18 Å². The van der Waals surface area contributed by atoms with E-state index < -0.39 is 24.6 Å². The second-order valence-electron chi connectivity index (χ2n) is 7.64. The van der Waals surface area contributed by atoms with Gasteiger partial charge in [-0.15, -0.1) is 0 Å². The number of amides is 2. The fourth-order valence-corrected chi connectivity index (χ4v) is 3.95. The molecule has 2 amide bonds. The summed E-state index contributed by atoms with van der Waals surface area (Å²) in [6.07, 6.45) is -4.40. The number of ether oxygens (including phenoxy) is 1. The lowest BCUT2D eigenvalue weighted by molar-refractivity contribution is -0.153. The number of carbonyl (C=O) groups excluding carboxylic acids is 3. The van der Waals surface area contributed by atoms with Gasteiger partial charge in [-0.05, 0) is 42.5 Å². The van der Waals surface area contributed by atoms with Gasteiger partial charge in [0.05, 0.1) is 16.8 Å². The second-order valence-corrected chi connectivity index (χ2v) is 7.64. The first-order chi connectivity index (χ1) is 15.1. The summed E-state index contributed by atoms with van der Waals surface area (Å²) in [5, 5.41) is 0.857. The van der Waals surface area contributed by atoms with E-state index in [1.54, 1.807) is 43.3 Å². The van der Waals surface area contributed by atoms with E-state index in [0.717, 1.165) is 4.90 Å². The van der Waals surface area contributed by atoms with Crippen molar-refractivity contribution in [1.82, 2.24) is 0 Å². The number of alkyl halides is 3. The zero-order valence-corrected chi connectivity index (χ0v) is 17.2. The minimum atomic E-state index is -4.61. The van der Waals surface area contributed by atoms with Gasteiger partial charge in [0.2, 0.25) is 0 Å². The molecule has 1 aliphatic rings. The average Bonchev–Trinajstić information content (AvgIpc) is 2.98. The van der Waals surface area contributed by atoms with Crippen LogP contribution in [0.1, 0.15) is 38.8 Å². The van der Waals surface area contributed by atoms with E-state index in [1.165, 1.54) is 19.1 Å². The van der Waals surface area contributed by atoms with Gasteiger partial charge in [0.1, 0.15) is 11.5 Å². The Kier molecular flexibility index (Phi) is 5.24. The Labute approximate surface area is 181 Å². The van der Waals surface area contributed by atoms with Crippen molar-refractivity contribution in [3.8, 4) is 5.75 Å². The normalized spacial score (nSPS) is 13.6. The molecule has 8 heteroatoms. The van der Waals surface area contributed by atoms with E-state index in [0.29, 0.717) is 21.9 Å². The van der Waals surface area contributed by atoms with Crippen molar-refractivity contribution in [1.29, 1.82) is 0 Å². The summed E-state index contributed by atoms with van der Waals surface area (Å²) in [6, 6.07) is 12.9. The lowest BCUT2D eigenvalue weighted by atomic mass is 9.95. The second kappa shape index (κ2) is 7.78. The van der Waals surface area contributed by atoms with E-state index >= 15 is 0 Å². The Balaban J connectivity index is 1.85. The van der Waals surface area contributed by atoms with Crippen LogP contribution in [0.25, 0.3) is 10.8 Å². The third kappa shape index (κ3) is 3.72. The molecule has 32 heavy (non-hydrogen) atoms. The molecule has 0 radical (unpaired) electrons. The van der Waals surface area contributed by atoms with Crippen LogP contribution < -0.4 is 9.64 Å². The molecule has 4 rings (SSSR count). The highest BCUT2D eigenvalue weighted by atomic mass is 19.4. The van der Waals surface area contributed by atoms with Crippen LogP contribution in [0.2, 0.25) is 0 Å². The molecular formula is C24H18F3NO4. The Bertz CT molecular complexity index is 1260. The van der Waals surface area contributed by atoms with Crippen LogP contribution in [0.3, 0.4) is 0 Å². The van der Waals surface area contributed by atoms with E-state index in [4.69, 9.17) is 4.74 Å². The first-order valence-electron chi connectivity index (χ1n) is 9.80. The van der Waals surface area contributed by atoms with Gasteiger partial charge in [-0.3, -0.25) is 14.4 Å². The van der Waals surface area contributed by atoms with E-state index in [1.807, 2.05) is 0 Å². The highest BCUT2D eigenvalue weighted by molar-refractivity contribution is 6.37. The lowest BCUT2D eigenvalue weighted by Crippen LogP contribution is -2.29. The monoisotopic (exact) mass is 441 g/mol. The Morgan fingerprint density at radius 1 is 0.938 bits per heavy atom. The number of anilines is 1. The number of imide groups is 1. The quantitative estimate of drug-likeness (QED) is 0.522. The molecule has 0 N–H and O–H groups in total. The fraction of sp³-hybridized carbons (Fsp3) is 0.208. The fourth-order valence-electron chi connectivity index (χ4n) is 3.95. The van der Waals surface area contributed by atoms with Gasteiger partial charge in [0, 0.05) is 11.8 Å². The van der Waals surface area contributed by atoms with Crippen molar-refractivity contribution in [2.45, 2.75) is 26.4 Å². The number of rotatable bonds is 5. The molecule has 3 aromatic rings. The van der Waals surface area contributed by atoms with Gasteiger partial charge in [0.25, 0.3) is 11.8 Å².